The van der Waals surface area contributed by atoms with Crippen LogP contribution in [0.25, 0.3) is 0 Å². The first-order valence-corrected chi connectivity index (χ1v) is 6.28. The molecule has 0 radical (unpaired) electrons. The van der Waals surface area contributed by atoms with E-state index >= 15 is 0 Å². The van der Waals surface area contributed by atoms with E-state index in [0.29, 0.717) is 5.69 Å². The van der Waals surface area contributed by atoms with Crippen molar-refractivity contribution in [3.05, 3.63) is 50.7 Å². The molecule has 0 bridgehead atoms. The van der Waals surface area contributed by atoms with Crippen molar-refractivity contribution in [1.82, 2.24) is 4.57 Å². The molecule has 0 unspecified atom stereocenters. The van der Waals surface area contributed by atoms with Crippen molar-refractivity contribution >= 4 is 33.2 Å². The molecule has 8 heteroatoms. The highest BCUT2D eigenvalue weighted by molar-refractivity contribution is 9.10. The van der Waals surface area contributed by atoms with Gasteiger partial charge in [0, 0.05) is 23.8 Å². The third-order valence-corrected chi connectivity index (χ3v) is 3.08. The molecule has 0 fully saturated rings. The molecule has 104 valence electrons. The van der Waals surface area contributed by atoms with Crippen LogP contribution in [0.3, 0.4) is 0 Å². The number of nitro groups is 1. The van der Waals surface area contributed by atoms with Crippen LogP contribution >= 0.6 is 15.9 Å². The topological polar surface area (TPSA) is 97.4 Å². The SMILES string of the molecule is Cn1cc(Br)cc1C(=O)Nc1ccc([N+](=O)[O-])cc1O. The lowest BCUT2D eigenvalue weighted by molar-refractivity contribution is -0.384. The van der Waals surface area contributed by atoms with Crippen LogP contribution in [0.5, 0.6) is 5.75 Å². The van der Waals surface area contributed by atoms with Crippen LogP contribution in [-0.2, 0) is 7.05 Å². The van der Waals surface area contributed by atoms with Crippen LogP contribution in [0, 0.1) is 10.1 Å². The number of amides is 1. The van der Waals surface area contributed by atoms with Gasteiger partial charge in [0.15, 0.2) is 0 Å². The van der Waals surface area contributed by atoms with Gasteiger partial charge in [0.25, 0.3) is 11.6 Å². The Labute approximate surface area is 122 Å². The maximum atomic E-state index is 12.0. The van der Waals surface area contributed by atoms with E-state index in [1.54, 1.807) is 23.9 Å². The van der Waals surface area contributed by atoms with Gasteiger partial charge in [0.05, 0.1) is 16.7 Å². The number of anilines is 1. The molecule has 2 aromatic rings. The van der Waals surface area contributed by atoms with Crippen molar-refractivity contribution in [3.8, 4) is 5.75 Å². The van der Waals surface area contributed by atoms with Gasteiger partial charge in [-0.15, -0.1) is 0 Å². The number of phenols is 1. The number of benzene rings is 1. The number of nitrogens with one attached hydrogen (secondary N) is 1. The molecule has 2 rings (SSSR count). The Morgan fingerprint density at radius 2 is 2.15 bits per heavy atom. The number of non-ortho nitro benzene ring substituents is 1. The number of aryl methyl sites for hydroxylation is 1. The molecule has 0 aliphatic carbocycles. The van der Waals surface area contributed by atoms with Gasteiger partial charge in [0.2, 0.25) is 0 Å². The first-order valence-electron chi connectivity index (χ1n) is 5.49. The normalized spacial score (nSPS) is 10.3. The van der Waals surface area contributed by atoms with Crippen LogP contribution in [0.15, 0.2) is 34.9 Å². The van der Waals surface area contributed by atoms with Crippen LogP contribution in [0.1, 0.15) is 10.5 Å². The highest BCUT2D eigenvalue weighted by Crippen LogP contribution is 2.28. The molecule has 0 aliphatic heterocycles. The minimum atomic E-state index is -0.625. The van der Waals surface area contributed by atoms with E-state index < -0.39 is 10.8 Å². The van der Waals surface area contributed by atoms with Gasteiger partial charge >= 0.3 is 0 Å². The monoisotopic (exact) mass is 339 g/mol. The molecule has 7 nitrogen and oxygen atoms in total. The third-order valence-electron chi connectivity index (χ3n) is 2.64. The van der Waals surface area contributed by atoms with E-state index in [9.17, 15) is 20.0 Å². The number of halogens is 1. The van der Waals surface area contributed by atoms with E-state index in [-0.39, 0.29) is 17.1 Å². The molecule has 0 aliphatic rings. The highest BCUT2D eigenvalue weighted by Gasteiger charge is 2.15. The molecule has 20 heavy (non-hydrogen) atoms. The second-order valence-electron chi connectivity index (χ2n) is 4.07. The number of rotatable bonds is 3. The van der Waals surface area contributed by atoms with Crippen molar-refractivity contribution in [2.75, 3.05) is 5.32 Å². The fourth-order valence-corrected chi connectivity index (χ4v) is 2.20. The summed E-state index contributed by atoms with van der Waals surface area (Å²) in [7, 11) is 1.70. The van der Waals surface area contributed by atoms with Gasteiger partial charge < -0.3 is 15.0 Å². The zero-order valence-electron chi connectivity index (χ0n) is 10.3. The maximum Gasteiger partial charge on any atom is 0.273 e. The molecule has 1 aromatic carbocycles. The summed E-state index contributed by atoms with van der Waals surface area (Å²) in [5.74, 6) is -0.789. The summed E-state index contributed by atoms with van der Waals surface area (Å²) in [6.07, 6.45) is 1.71. The molecular formula is C12H10BrN3O4. The number of carbonyl (C=O) groups is 1. The molecule has 1 heterocycles. The Balaban J connectivity index is 2.24. The number of hydrogen-bond acceptors (Lipinski definition) is 4. The summed E-state index contributed by atoms with van der Waals surface area (Å²) in [6.45, 7) is 0. The van der Waals surface area contributed by atoms with Crippen molar-refractivity contribution in [3.63, 3.8) is 0 Å². The standard InChI is InChI=1S/C12H10BrN3O4/c1-15-6-7(13)4-10(15)12(18)14-9-3-2-8(16(19)20)5-11(9)17/h2-6,17H,1H3,(H,14,18). The second kappa shape index (κ2) is 5.33. The van der Waals surface area contributed by atoms with Crippen molar-refractivity contribution < 1.29 is 14.8 Å². The number of aromatic hydroxyl groups is 1. The van der Waals surface area contributed by atoms with Crippen LogP contribution in [0.2, 0.25) is 0 Å². The highest BCUT2D eigenvalue weighted by atomic mass is 79.9. The fraction of sp³-hybridized carbons (Fsp3) is 0.0833. The first-order chi connectivity index (χ1) is 9.38. The zero-order valence-corrected chi connectivity index (χ0v) is 11.9. The Hall–Kier alpha value is -2.35. The summed E-state index contributed by atoms with van der Waals surface area (Å²) < 4.78 is 2.36. The maximum absolute atomic E-state index is 12.0. The van der Waals surface area contributed by atoms with Gasteiger partial charge in [-0.1, -0.05) is 0 Å². The van der Waals surface area contributed by atoms with Gasteiger partial charge in [-0.25, -0.2) is 0 Å². The molecule has 1 amide bonds. The lowest BCUT2D eigenvalue weighted by Gasteiger charge is -2.07. The minimum Gasteiger partial charge on any atom is -0.506 e. The Morgan fingerprint density at radius 1 is 1.45 bits per heavy atom. The van der Waals surface area contributed by atoms with Crippen LogP contribution < -0.4 is 5.32 Å². The predicted molar refractivity (Wildman–Crippen MR) is 75.8 cm³/mol. The molecule has 1 aromatic heterocycles. The Kier molecular flexibility index (Phi) is 3.75. The number of phenolic OH excluding ortho intramolecular Hbond substituents is 1. The number of nitro benzene ring substituents is 1. The minimum absolute atomic E-state index is 0.109. The van der Waals surface area contributed by atoms with E-state index in [4.69, 9.17) is 0 Å². The van der Waals surface area contributed by atoms with Crippen molar-refractivity contribution in [1.29, 1.82) is 0 Å². The van der Waals surface area contributed by atoms with Crippen LogP contribution in [0.4, 0.5) is 11.4 Å². The molecule has 0 saturated carbocycles. The second-order valence-corrected chi connectivity index (χ2v) is 4.98. The Morgan fingerprint density at radius 3 is 2.65 bits per heavy atom. The predicted octanol–water partition coefficient (Wildman–Crippen LogP) is 2.65. The van der Waals surface area contributed by atoms with Gasteiger partial charge in [-0.3, -0.25) is 14.9 Å². The van der Waals surface area contributed by atoms with Crippen molar-refractivity contribution in [2.45, 2.75) is 0 Å². The molecule has 0 spiro atoms. The van der Waals surface area contributed by atoms with E-state index in [1.807, 2.05) is 0 Å². The average molecular weight is 340 g/mol. The molecule has 2 N–H and O–H groups in total. The third kappa shape index (κ3) is 2.80. The summed E-state index contributed by atoms with van der Waals surface area (Å²) in [5, 5.41) is 22.7. The number of nitrogens with zero attached hydrogens (tertiary/aromatic N) is 2. The average Bonchev–Trinajstić information content (AvgIpc) is 2.70. The quantitative estimate of drug-likeness (QED) is 0.510. The number of carbonyl (C=O) groups excluding carboxylic acids is 1. The number of hydrogen-bond donors (Lipinski definition) is 2. The zero-order chi connectivity index (χ0) is 14.9. The summed E-state index contributed by atoms with van der Waals surface area (Å²) in [6, 6.07) is 5.09. The first kappa shape index (κ1) is 14.1. The lowest BCUT2D eigenvalue weighted by atomic mass is 10.2. The van der Waals surface area contributed by atoms with Gasteiger partial charge in [0.1, 0.15) is 11.4 Å². The van der Waals surface area contributed by atoms with Crippen molar-refractivity contribution in [2.24, 2.45) is 7.05 Å². The summed E-state index contributed by atoms with van der Waals surface area (Å²) in [4.78, 5) is 22.0. The number of aromatic nitrogens is 1. The lowest BCUT2D eigenvalue weighted by Crippen LogP contribution is -2.15. The largest absolute Gasteiger partial charge is 0.506 e. The van der Waals surface area contributed by atoms with Gasteiger partial charge in [-0.2, -0.15) is 0 Å². The van der Waals surface area contributed by atoms with E-state index in [1.165, 1.54) is 12.1 Å². The fourth-order valence-electron chi connectivity index (χ4n) is 1.68. The molecule has 0 saturated heterocycles. The Bertz CT molecular complexity index is 696. The summed E-state index contributed by atoms with van der Waals surface area (Å²) >= 11 is 3.25. The van der Waals surface area contributed by atoms with Crippen LogP contribution in [-0.4, -0.2) is 20.5 Å². The summed E-state index contributed by atoms with van der Waals surface area (Å²) in [5.41, 5.74) is 0.245. The van der Waals surface area contributed by atoms with E-state index in [2.05, 4.69) is 21.2 Å². The van der Waals surface area contributed by atoms with E-state index in [0.717, 1.165) is 10.5 Å². The molecular weight excluding hydrogens is 330 g/mol. The smallest absolute Gasteiger partial charge is 0.273 e. The molecule has 0 atom stereocenters. The van der Waals surface area contributed by atoms with Gasteiger partial charge in [-0.05, 0) is 28.1 Å².